The van der Waals surface area contributed by atoms with E-state index in [0.717, 1.165) is 0 Å². The summed E-state index contributed by atoms with van der Waals surface area (Å²) in [5, 5.41) is 10.8. The van der Waals surface area contributed by atoms with Crippen molar-refractivity contribution in [3.8, 4) is 23.0 Å². The van der Waals surface area contributed by atoms with Gasteiger partial charge in [-0.15, -0.1) is 5.11 Å². The fraction of sp³-hybridized carbons (Fsp3) is 0.364. The Bertz CT molecular complexity index is 974. The second-order valence-corrected chi connectivity index (χ2v) is 6.78. The van der Waals surface area contributed by atoms with E-state index in [1.165, 1.54) is 33.3 Å². The Labute approximate surface area is 191 Å². The summed E-state index contributed by atoms with van der Waals surface area (Å²) in [6.07, 6.45) is 0. The predicted octanol–water partition coefficient (Wildman–Crippen LogP) is 4.83. The SMILES string of the molecule is CCOc1cc(Cl)c(NC(=O)C(N=Nc2c(OC)cccc2OC)C(C)=O)cc1OCC. The van der Waals surface area contributed by atoms with Gasteiger partial charge in [0.1, 0.15) is 11.5 Å². The number of ether oxygens (including phenoxy) is 4. The molecule has 0 heterocycles. The van der Waals surface area contributed by atoms with Gasteiger partial charge in [-0.05, 0) is 32.9 Å². The van der Waals surface area contributed by atoms with Crippen molar-refractivity contribution >= 4 is 34.7 Å². The van der Waals surface area contributed by atoms with Crippen molar-refractivity contribution in [2.45, 2.75) is 26.8 Å². The topological polar surface area (TPSA) is 108 Å². The van der Waals surface area contributed by atoms with E-state index < -0.39 is 17.7 Å². The minimum Gasteiger partial charge on any atom is -0.494 e. The number of Topliss-reactive ketones (excluding diaryl/α,β-unsaturated/α-hetero) is 1. The zero-order chi connectivity index (χ0) is 23.7. The maximum atomic E-state index is 12.8. The molecule has 2 aromatic rings. The van der Waals surface area contributed by atoms with E-state index in [9.17, 15) is 9.59 Å². The number of nitrogens with one attached hydrogen (secondary N) is 1. The standard InChI is InChI=1S/C22H26ClN3O6/c1-6-31-18-11-14(23)15(12-19(18)32-7-2)24-22(28)20(13(3)27)25-26-21-16(29-4)9-8-10-17(21)30-5/h8-12,20H,6-7H2,1-5H3,(H,24,28). The Kier molecular flexibility index (Phi) is 9.27. The predicted molar refractivity (Wildman–Crippen MR) is 121 cm³/mol. The summed E-state index contributed by atoms with van der Waals surface area (Å²) in [5.74, 6) is 0.409. The number of halogens is 1. The molecular weight excluding hydrogens is 438 g/mol. The number of methoxy groups -OCH3 is 2. The van der Waals surface area contributed by atoms with Crippen LogP contribution in [0, 0.1) is 0 Å². The van der Waals surface area contributed by atoms with Crippen LogP contribution >= 0.6 is 11.6 Å². The Morgan fingerprint density at radius 1 is 1.00 bits per heavy atom. The Morgan fingerprint density at radius 2 is 1.56 bits per heavy atom. The van der Waals surface area contributed by atoms with Crippen molar-refractivity contribution in [2.24, 2.45) is 10.2 Å². The largest absolute Gasteiger partial charge is 0.494 e. The van der Waals surface area contributed by atoms with E-state index in [1.807, 2.05) is 13.8 Å². The van der Waals surface area contributed by atoms with Crippen LogP contribution in [0.1, 0.15) is 20.8 Å². The first-order chi connectivity index (χ1) is 15.4. The molecule has 10 heteroatoms. The molecule has 0 saturated carbocycles. The molecule has 0 aliphatic heterocycles. The van der Waals surface area contributed by atoms with Gasteiger partial charge in [0.05, 0.1) is 38.1 Å². The van der Waals surface area contributed by atoms with E-state index in [4.69, 9.17) is 30.5 Å². The van der Waals surface area contributed by atoms with Gasteiger partial charge in [0.15, 0.2) is 23.0 Å². The second kappa shape index (κ2) is 11.9. The van der Waals surface area contributed by atoms with Crippen LogP contribution in [0.25, 0.3) is 0 Å². The molecule has 9 nitrogen and oxygen atoms in total. The van der Waals surface area contributed by atoms with Crippen molar-refractivity contribution in [1.82, 2.24) is 0 Å². The first kappa shape index (κ1) is 24.9. The molecule has 0 saturated heterocycles. The third-order valence-electron chi connectivity index (χ3n) is 4.20. The molecule has 2 aromatic carbocycles. The minimum atomic E-state index is -1.41. The summed E-state index contributed by atoms with van der Waals surface area (Å²) >= 11 is 6.30. The molecule has 1 atom stereocenters. The fourth-order valence-electron chi connectivity index (χ4n) is 2.73. The Hall–Kier alpha value is -3.33. The average molecular weight is 464 g/mol. The van der Waals surface area contributed by atoms with Crippen molar-refractivity contribution in [1.29, 1.82) is 0 Å². The number of nitrogens with zero attached hydrogens (tertiary/aromatic N) is 2. The molecule has 0 aromatic heterocycles. The van der Waals surface area contributed by atoms with Crippen molar-refractivity contribution in [2.75, 3.05) is 32.8 Å². The molecule has 0 aliphatic rings. The average Bonchev–Trinajstić information content (AvgIpc) is 2.76. The molecule has 0 fully saturated rings. The number of hydrogen-bond donors (Lipinski definition) is 1. The molecule has 0 aliphatic carbocycles. The lowest BCUT2D eigenvalue weighted by Gasteiger charge is -2.16. The van der Waals surface area contributed by atoms with Crippen molar-refractivity contribution in [3.05, 3.63) is 35.4 Å². The van der Waals surface area contributed by atoms with Gasteiger partial charge in [-0.3, -0.25) is 9.59 Å². The molecule has 2 rings (SSSR count). The maximum Gasteiger partial charge on any atom is 0.258 e. The Morgan fingerprint density at radius 3 is 2.06 bits per heavy atom. The number of carbonyl (C=O) groups is 2. The highest BCUT2D eigenvalue weighted by Crippen LogP contribution is 2.38. The van der Waals surface area contributed by atoms with Crippen LogP contribution in [-0.4, -0.2) is 45.2 Å². The van der Waals surface area contributed by atoms with E-state index in [-0.39, 0.29) is 16.4 Å². The highest BCUT2D eigenvalue weighted by Gasteiger charge is 2.25. The smallest absolute Gasteiger partial charge is 0.258 e. The number of hydrogen-bond acceptors (Lipinski definition) is 8. The molecule has 1 amide bonds. The van der Waals surface area contributed by atoms with E-state index in [0.29, 0.717) is 36.2 Å². The lowest BCUT2D eigenvalue weighted by molar-refractivity contribution is -0.126. The third-order valence-corrected chi connectivity index (χ3v) is 4.51. The molecule has 172 valence electrons. The zero-order valence-electron chi connectivity index (χ0n) is 18.6. The van der Waals surface area contributed by atoms with Gasteiger partial charge < -0.3 is 24.3 Å². The van der Waals surface area contributed by atoms with E-state index in [2.05, 4.69) is 15.5 Å². The van der Waals surface area contributed by atoms with Gasteiger partial charge in [0.2, 0.25) is 6.04 Å². The highest BCUT2D eigenvalue weighted by atomic mass is 35.5. The highest BCUT2D eigenvalue weighted by molar-refractivity contribution is 6.34. The zero-order valence-corrected chi connectivity index (χ0v) is 19.4. The molecule has 1 unspecified atom stereocenters. The van der Waals surface area contributed by atoms with Crippen LogP contribution in [0.3, 0.4) is 0 Å². The summed E-state index contributed by atoms with van der Waals surface area (Å²) in [7, 11) is 2.93. The monoisotopic (exact) mass is 463 g/mol. The third kappa shape index (κ3) is 6.10. The summed E-state index contributed by atoms with van der Waals surface area (Å²) in [6.45, 7) is 5.70. The summed E-state index contributed by atoms with van der Waals surface area (Å²) < 4.78 is 21.6. The number of ketones is 1. The van der Waals surface area contributed by atoms with Gasteiger partial charge in [-0.2, -0.15) is 5.11 Å². The van der Waals surface area contributed by atoms with Crippen LogP contribution in [0.2, 0.25) is 5.02 Å². The lowest BCUT2D eigenvalue weighted by atomic mass is 10.2. The van der Waals surface area contributed by atoms with Crippen LogP contribution in [0.15, 0.2) is 40.6 Å². The summed E-state index contributed by atoms with van der Waals surface area (Å²) in [5.41, 5.74) is 0.508. The van der Waals surface area contributed by atoms with Crippen molar-refractivity contribution < 1.29 is 28.5 Å². The fourth-order valence-corrected chi connectivity index (χ4v) is 2.93. The molecular formula is C22H26ClN3O6. The number of rotatable bonds is 11. The Balaban J connectivity index is 2.33. The van der Waals surface area contributed by atoms with Crippen molar-refractivity contribution in [3.63, 3.8) is 0 Å². The number of benzene rings is 2. The normalized spacial score (nSPS) is 11.7. The van der Waals surface area contributed by atoms with Gasteiger partial charge in [-0.1, -0.05) is 17.7 Å². The van der Waals surface area contributed by atoms with Gasteiger partial charge >= 0.3 is 0 Å². The summed E-state index contributed by atoms with van der Waals surface area (Å²) in [4.78, 5) is 25.0. The van der Waals surface area contributed by atoms with Gasteiger partial charge in [0.25, 0.3) is 5.91 Å². The first-order valence-electron chi connectivity index (χ1n) is 9.88. The first-order valence-corrected chi connectivity index (χ1v) is 10.3. The minimum absolute atomic E-state index is 0.218. The summed E-state index contributed by atoms with van der Waals surface area (Å²) in [6, 6.07) is 6.70. The lowest BCUT2D eigenvalue weighted by Crippen LogP contribution is -2.32. The van der Waals surface area contributed by atoms with E-state index in [1.54, 1.807) is 18.2 Å². The molecule has 0 bridgehead atoms. The molecule has 32 heavy (non-hydrogen) atoms. The quantitative estimate of drug-likeness (QED) is 0.377. The van der Waals surface area contributed by atoms with Crippen LogP contribution in [-0.2, 0) is 9.59 Å². The van der Waals surface area contributed by atoms with Crippen LogP contribution in [0.4, 0.5) is 11.4 Å². The number of anilines is 1. The van der Waals surface area contributed by atoms with Gasteiger partial charge in [-0.25, -0.2) is 0 Å². The maximum absolute atomic E-state index is 12.8. The number of amides is 1. The van der Waals surface area contributed by atoms with E-state index >= 15 is 0 Å². The second-order valence-electron chi connectivity index (χ2n) is 6.37. The van der Waals surface area contributed by atoms with Gasteiger partial charge in [0, 0.05) is 12.1 Å². The number of azo groups is 1. The molecule has 1 N–H and O–H groups in total. The number of carbonyl (C=O) groups excluding carboxylic acids is 2. The van der Waals surface area contributed by atoms with Crippen LogP contribution in [0.5, 0.6) is 23.0 Å². The van der Waals surface area contributed by atoms with Crippen LogP contribution < -0.4 is 24.3 Å². The molecule has 0 spiro atoms. The molecule has 0 radical (unpaired) electrons.